The van der Waals surface area contributed by atoms with Crippen LogP contribution in [0.4, 0.5) is 0 Å². The Morgan fingerprint density at radius 1 is 0.917 bits per heavy atom. The maximum atomic E-state index is 11.8. The van der Waals surface area contributed by atoms with Gasteiger partial charge in [0.25, 0.3) is 4.87 Å². The van der Waals surface area contributed by atoms with Crippen LogP contribution < -0.4 is 5.11 Å². The SMILES string of the molecule is CCCCCCCCCCCCC(C(=O)[O-])([N+](C)(C)C)S(=O)(=O)O. The summed E-state index contributed by atoms with van der Waals surface area (Å²) in [5, 5.41) is 11.5. The molecule has 0 aliphatic carbocycles. The molecule has 7 heteroatoms. The number of nitrogens with zero attached hydrogens (tertiary/aromatic N) is 1. The Balaban J connectivity index is 4.35. The van der Waals surface area contributed by atoms with Crippen molar-refractivity contribution in [3.8, 4) is 0 Å². The normalized spacial score (nSPS) is 15.2. The van der Waals surface area contributed by atoms with E-state index in [-0.39, 0.29) is 6.42 Å². The van der Waals surface area contributed by atoms with Crippen molar-refractivity contribution in [1.29, 1.82) is 0 Å². The molecule has 0 spiro atoms. The van der Waals surface area contributed by atoms with Gasteiger partial charge >= 0.3 is 10.1 Å². The number of carbonyl (C=O) groups is 1. The molecule has 144 valence electrons. The lowest BCUT2D eigenvalue weighted by atomic mass is 10.0. The second-order valence-corrected chi connectivity index (χ2v) is 9.12. The predicted octanol–water partition coefficient (Wildman–Crippen LogP) is 2.34. The van der Waals surface area contributed by atoms with E-state index in [0.717, 1.165) is 25.7 Å². The summed E-state index contributed by atoms with van der Waals surface area (Å²) < 4.78 is 32.6. The maximum absolute atomic E-state index is 11.8. The summed E-state index contributed by atoms with van der Waals surface area (Å²) in [7, 11) is -0.451. The molecule has 0 fully saturated rings. The summed E-state index contributed by atoms with van der Waals surface area (Å²) in [6.45, 7) is 2.19. The van der Waals surface area contributed by atoms with Gasteiger partial charge in [0.1, 0.15) is 5.97 Å². The van der Waals surface area contributed by atoms with Crippen molar-refractivity contribution in [2.45, 2.75) is 82.4 Å². The first-order valence-electron chi connectivity index (χ1n) is 9.00. The number of quaternary nitrogens is 1. The Kier molecular flexibility index (Phi) is 10.1. The fourth-order valence-electron chi connectivity index (χ4n) is 3.14. The molecule has 0 aliphatic rings. The molecule has 24 heavy (non-hydrogen) atoms. The summed E-state index contributed by atoms with van der Waals surface area (Å²) in [5.74, 6) is -1.74. The van der Waals surface area contributed by atoms with Gasteiger partial charge in [-0.05, 0) is 6.42 Å². The van der Waals surface area contributed by atoms with Crippen molar-refractivity contribution in [2.24, 2.45) is 0 Å². The lowest BCUT2D eigenvalue weighted by molar-refractivity contribution is -0.901. The molecule has 0 aromatic rings. The monoisotopic (exact) mass is 365 g/mol. The number of hydrogen-bond acceptors (Lipinski definition) is 4. The van der Waals surface area contributed by atoms with Crippen LogP contribution in [0, 0.1) is 0 Å². The van der Waals surface area contributed by atoms with Crippen molar-refractivity contribution < 1.29 is 27.4 Å². The van der Waals surface area contributed by atoms with Gasteiger partial charge in [0.2, 0.25) is 0 Å². The quantitative estimate of drug-likeness (QED) is 0.290. The average Bonchev–Trinajstić information content (AvgIpc) is 2.41. The standard InChI is InChI=1S/C17H35NO5S/c1-5-6-7-8-9-10-11-12-13-14-15-17(16(19)20,18(2,3)4)24(21,22)23/h5-15H2,1-4H3,(H-,19,20,21,22,23). The van der Waals surface area contributed by atoms with E-state index in [2.05, 4.69) is 6.92 Å². The minimum absolute atomic E-state index is 0.145. The van der Waals surface area contributed by atoms with E-state index >= 15 is 0 Å². The van der Waals surface area contributed by atoms with E-state index in [1.165, 1.54) is 53.2 Å². The van der Waals surface area contributed by atoms with E-state index in [1.807, 2.05) is 0 Å². The number of unbranched alkanes of at least 4 members (excludes halogenated alkanes) is 9. The van der Waals surface area contributed by atoms with Gasteiger partial charge in [-0.1, -0.05) is 64.7 Å². The van der Waals surface area contributed by atoms with Crippen molar-refractivity contribution in [1.82, 2.24) is 0 Å². The van der Waals surface area contributed by atoms with Crippen LogP contribution >= 0.6 is 0 Å². The van der Waals surface area contributed by atoms with E-state index in [4.69, 9.17) is 0 Å². The predicted molar refractivity (Wildman–Crippen MR) is 93.8 cm³/mol. The molecule has 0 radical (unpaired) electrons. The minimum Gasteiger partial charge on any atom is -0.543 e. The molecule has 0 bridgehead atoms. The average molecular weight is 366 g/mol. The molecule has 0 aliphatic heterocycles. The first-order valence-corrected chi connectivity index (χ1v) is 10.4. The topological polar surface area (TPSA) is 94.5 Å². The molecule has 0 saturated heterocycles. The molecule has 6 nitrogen and oxygen atoms in total. The number of carboxylic acid groups (broad SMARTS) is 1. The Bertz CT molecular complexity index is 470. The van der Waals surface area contributed by atoms with Crippen LogP contribution in [0.1, 0.15) is 77.6 Å². The summed E-state index contributed by atoms with van der Waals surface area (Å²) in [4.78, 5) is 9.23. The first kappa shape index (κ1) is 23.3. The number of carboxylic acids is 1. The van der Waals surface area contributed by atoms with Crippen LogP contribution in [0.2, 0.25) is 0 Å². The Hall–Kier alpha value is -0.660. The van der Waals surface area contributed by atoms with Crippen molar-refractivity contribution in [3.05, 3.63) is 0 Å². The Labute approximate surface area is 147 Å². The zero-order chi connectivity index (χ0) is 18.9. The minimum atomic E-state index is -4.78. The van der Waals surface area contributed by atoms with Crippen LogP contribution in [0.15, 0.2) is 0 Å². The van der Waals surface area contributed by atoms with Crippen molar-refractivity contribution in [3.63, 3.8) is 0 Å². The highest BCUT2D eigenvalue weighted by molar-refractivity contribution is 7.87. The third kappa shape index (κ3) is 6.69. The van der Waals surface area contributed by atoms with E-state index in [1.54, 1.807) is 0 Å². The van der Waals surface area contributed by atoms with Gasteiger partial charge in [0, 0.05) is 6.42 Å². The van der Waals surface area contributed by atoms with E-state index in [9.17, 15) is 22.9 Å². The second-order valence-electron chi connectivity index (χ2n) is 7.49. The van der Waals surface area contributed by atoms with E-state index < -0.39 is 25.4 Å². The van der Waals surface area contributed by atoms with Crippen molar-refractivity contribution in [2.75, 3.05) is 21.1 Å². The number of rotatable bonds is 14. The van der Waals surface area contributed by atoms with Crippen molar-refractivity contribution >= 4 is 16.1 Å². The van der Waals surface area contributed by atoms with Gasteiger partial charge in [0.15, 0.2) is 0 Å². The fourth-order valence-corrected chi connectivity index (χ4v) is 4.45. The number of likely N-dealkylation sites (N-methyl/N-ethyl adjacent to an activating group) is 1. The van der Waals surface area contributed by atoms with Gasteiger partial charge in [-0.15, -0.1) is 0 Å². The lowest BCUT2D eigenvalue weighted by Gasteiger charge is -2.43. The van der Waals surface area contributed by atoms with Crippen LogP contribution in [0.25, 0.3) is 0 Å². The van der Waals surface area contributed by atoms with Gasteiger partial charge in [-0.25, -0.2) is 0 Å². The number of aliphatic carboxylic acids is 1. The van der Waals surface area contributed by atoms with Crippen LogP contribution in [-0.2, 0) is 14.9 Å². The summed E-state index contributed by atoms with van der Waals surface area (Å²) in [5.41, 5.74) is 0. The molecule has 1 unspecified atom stereocenters. The van der Waals surface area contributed by atoms with Crippen LogP contribution in [-0.4, -0.2) is 49.4 Å². The molecule has 0 amide bonds. The molecular weight excluding hydrogens is 330 g/mol. The van der Waals surface area contributed by atoms with Gasteiger partial charge < -0.3 is 14.4 Å². The molecule has 0 rings (SSSR count). The molecule has 1 atom stereocenters. The van der Waals surface area contributed by atoms with Crippen LogP contribution in [0.5, 0.6) is 0 Å². The van der Waals surface area contributed by atoms with Gasteiger partial charge in [-0.2, -0.15) is 8.42 Å². The largest absolute Gasteiger partial charge is 0.543 e. The first-order chi connectivity index (χ1) is 11.0. The second kappa shape index (κ2) is 10.4. The van der Waals surface area contributed by atoms with Crippen LogP contribution in [0.3, 0.4) is 0 Å². The molecule has 0 aromatic heterocycles. The lowest BCUT2D eigenvalue weighted by Crippen LogP contribution is -2.69. The highest BCUT2D eigenvalue weighted by atomic mass is 32.2. The molecular formula is C17H35NO5S. The van der Waals surface area contributed by atoms with E-state index in [0.29, 0.717) is 6.42 Å². The highest BCUT2D eigenvalue weighted by Gasteiger charge is 2.55. The van der Waals surface area contributed by atoms with Gasteiger partial charge in [-0.3, -0.25) is 4.55 Å². The summed E-state index contributed by atoms with van der Waals surface area (Å²) in [6, 6.07) is 0. The smallest absolute Gasteiger partial charge is 0.328 e. The number of hydrogen-bond donors (Lipinski definition) is 1. The third-order valence-electron chi connectivity index (χ3n) is 4.70. The highest BCUT2D eigenvalue weighted by Crippen LogP contribution is 2.31. The Morgan fingerprint density at radius 3 is 1.58 bits per heavy atom. The summed E-state index contributed by atoms with van der Waals surface area (Å²) >= 11 is 0. The molecule has 0 saturated carbocycles. The maximum Gasteiger partial charge on any atom is 0.328 e. The Morgan fingerprint density at radius 2 is 1.29 bits per heavy atom. The summed E-state index contributed by atoms with van der Waals surface area (Å²) in [6.07, 6.45) is 10.5. The molecule has 1 N–H and O–H groups in total. The number of carbonyl (C=O) groups excluding carboxylic acids is 1. The zero-order valence-corrected chi connectivity index (χ0v) is 16.5. The zero-order valence-electron chi connectivity index (χ0n) is 15.7. The fraction of sp³-hybridized carbons (Fsp3) is 0.941. The van der Waals surface area contributed by atoms with Gasteiger partial charge in [0.05, 0.1) is 21.1 Å². The third-order valence-corrected chi connectivity index (χ3v) is 6.47. The molecule has 0 aromatic carbocycles. The molecule has 0 heterocycles.